The van der Waals surface area contributed by atoms with Crippen molar-refractivity contribution in [1.82, 2.24) is 29.9 Å². The van der Waals surface area contributed by atoms with Gasteiger partial charge in [-0.05, 0) is 44.7 Å². The van der Waals surface area contributed by atoms with E-state index in [1.807, 2.05) is 37.0 Å². The number of amides is 1. The molecule has 0 spiro atoms. The van der Waals surface area contributed by atoms with Gasteiger partial charge in [0, 0.05) is 37.6 Å². The van der Waals surface area contributed by atoms with E-state index in [-0.39, 0.29) is 5.91 Å². The van der Waals surface area contributed by atoms with E-state index in [9.17, 15) is 4.79 Å². The normalized spacial score (nSPS) is 15.2. The maximum absolute atomic E-state index is 13.0. The number of aryl methyl sites for hydroxylation is 2. The minimum atomic E-state index is -0.0456. The average Bonchev–Trinajstić information content (AvgIpc) is 3.30. The molecular formula is C20H26N6O. The monoisotopic (exact) mass is 366 g/mol. The maximum atomic E-state index is 13.0. The molecule has 1 fully saturated rings. The van der Waals surface area contributed by atoms with Gasteiger partial charge in [-0.1, -0.05) is 6.92 Å². The van der Waals surface area contributed by atoms with Crippen LogP contribution in [0.3, 0.4) is 0 Å². The summed E-state index contributed by atoms with van der Waals surface area (Å²) >= 11 is 0. The van der Waals surface area contributed by atoms with Gasteiger partial charge < -0.3 is 5.32 Å². The van der Waals surface area contributed by atoms with Gasteiger partial charge in [0.2, 0.25) is 0 Å². The van der Waals surface area contributed by atoms with Gasteiger partial charge in [-0.25, -0.2) is 4.98 Å². The molecule has 142 valence electrons. The minimum Gasteiger partial charge on any atom is -0.352 e. The Hall–Kier alpha value is -2.70. The van der Waals surface area contributed by atoms with Crippen LogP contribution in [0, 0.1) is 6.92 Å². The van der Waals surface area contributed by atoms with E-state index < -0.39 is 0 Å². The lowest BCUT2D eigenvalue weighted by molar-refractivity contribution is 0.0952. The number of hydrogen-bond donors (Lipinski definition) is 1. The third-order valence-corrected chi connectivity index (χ3v) is 5.36. The lowest BCUT2D eigenvalue weighted by atomic mass is 10.1. The molecular weight excluding hydrogens is 340 g/mol. The van der Waals surface area contributed by atoms with Crippen LogP contribution in [-0.2, 0) is 7.05 Å². The van der Waals surface area contributed by atoms with Gasteiger partial charge in [-0.3, -0.25) is 14.2 Å². The van der Waals surface area contributed by atoms with Crippen molar-refractivity contribution in [2.24, 2.45) is 7.05 Å². The van der Waals surface area contributed by atoms with Crippen LogP contribution in [0.5, 0.6) is 0 Å². The minimum absolute atomic E-state index is 0.0456. The highest BCUT2D eigenvalue weighted by atomic mass is 16.1. The van der Waals surface area contributed by atoms with Crippen molar-refractivity contribution >= 4 is 16.9 Å². The number of aromatic nitrogens is 5. The second-order valence-electron chi connectivity index (χ2n) is 7.37. The van der Waals surface area contributed by atoms with E-state index in [0.29, 0.717) is 24.1 Å². The van der Waals surface area contributed by atoms with E-state index in [1.54, 1.807) is 10.9 Å². The summed E-state index contributed by atoms with van der Waals surface area (Å²) < 4.78 is 3.74. The highest BCUT2D eigenvalue weighted by molar-refractivity contribution is 6.06. The van der Waals surface area contributed by atoms with Crippen LogP contribution < -0.4 is 5.32 Å². The summed E-state index contributed by atoms with van der Waals surface area (Å²) in [7, 11) is 1.89. The molecule has 1 aliphatic carbocycles. The molecule has 1 atom stereocenters. The van der Waals surface area contributed by atoms with Crippen LogP contribution in [0.15, 0.2) is 24.5 Å². The highest BCUT2D eigenvalue weighted by Crippen LogP contribution is 2.40. The topological polar surface area (TPSA) is 77.6 Å². The molecule has 1 aliphatic rings. The Kier molecular flexibility index (Phi) is 4.68. The van der Waals surface area contributed by atoms with Gasteiger partial charge in [0.25, 0.3) is 5.91 Å². The smallest absolute Gasteiger partial charge is 0.252 e. The van der Waals surface area contributed by atoms with Crippen LogP contribution in [0.1, 0.15) is 66.3 Å². The van der Waals surface area contributed by atoms with Crippen molar-refractivity contribution in [3.63, 3.8) is 0 Å². The maximum Gasteiger partial charge on any atom is 0.252 e. The molecule has 4 rings (SSSR count). The summed E-state index contributed by atoms with van der Waals surface area (Å²) in [4.78, 5) is 17.7. The molecule has 1 amide bonds. The highest BCUT2D eigenvalue weighted by Gasteiger charge is 2.28. The summed E-state index contributed by atoms with van der Waals surface area (Å²) in [6.45, 7) is 4.68. The quantitative estimate of drug-likeness (QED) is 0.697. The fraction of sp³-hybridized carbons (Fsp3) is 0.500. The first kappa shape index (κ1) is 17.7. The Morgan fingerprint density at radius 1 is 1.41 bits per heavy atom. The van der Waals surface area contributed by atoms with Crippen molar-refractivity contribution in [3.05, 3.63) is 41.5 Å². The Labute approximate surface area is 158 Å². The number of pyridine rings is 1. The molecule has 0 radical (unpaired) electrons. The third kappa shape index (κ3) is 3.46. The lowest BCUT2D eigenvalue weighted by Gasteiger charge is -2.16. The summed E-state index contributed by atoms with van der Waals surface area (Å²) in [6, 6.07) is 4.19. The molecule has 0 aromatic carbocycles. The Morgan fingerprint density at radius 2 is 2.22 bits per heavy atom. The van der Waals surface area contributed by atoms with E-state index >= 15 is 0 Å². The predicted molar refractivity (Wildman–Crippen MR) is 104 cm³/mol. The summed E-state index contributed by atoms with van der Waals surface area (Å²) in [5.74, 6) is 0.441. The van der Waals surface area contributed by atoms with Crippen LogP contribution in [0.4, 0.5) is 0 Å². The van der Waals surface area contributed by atoms with Crippen LogP contribution >= 0.6 is 0 Å². The van der Waals surface area contributed by atoms with E-state index in [0.717, 1.165) is 48.1 Å². The summed E-state index contributed by atoms with van der Waals surface area (Å²) in [6.07, 6.45) is 7.89. The number of nitrogens with one attached hydrogen (secondary N) is 1. The van der Waals surface area contributed by atoms with E-state index in [2.05, 4.69) is 22.4 Å². The second kappa shape index (κ2) is 7.13. The molecule has 1 N–H and O–H groups in total. The largest absolute Gasteiger partial charge is 0.352 e. The van der Waals surface area contributed by atoms with Crippen molar-refractivity contribution in [2.45, 2.75) is 51.5 Å². The molecule has 3 aromatic heterocycles. The lowest BCUT2D eigenvalue weighted by Crippen LogP contribution is -2.27. The summed E-state index contributed by atoms with van der Waals surface area (Å²) in [5.41, 5.74) is 3.35. The van der Waals surface area contributed by atoms with Crippen molar-refractivity contribution < 1.29 is 4.79 Å². The number of fused-ring (bicyclic) bond motifs is 1. The van der Waals surface area contributed by atoms with Crippen LogP contribution in [-0.4, -0.2) is 37.0 Å². The van der Waals surface area contributed by atoms with Crippen molar-refractivity contribution in [3.8, 4) is 0 Å². The molecule has 3 aromatic rings. The van der Waals surface area contributed by atoms with Crippen LogP contribution in [0.2, 0.25) is 0 Å². The predicted octanol–water partition coefficient (Wildman–Crippen LogP) is 3.12. The van der Waals surface area contributed by atoms with Gasteiger partial charge >= 0.3 is 0 Å². The number of carbonyl (C=O) groups is 1. The summed E-state index contributed by atoms with van der Waals surface area (Å²) in [5, 5.41) is 12.7. The molecule has 0 unspecified atom stereocenters. The molecule has 0 bridgehead atoms. The number of carbonyl (C=O) groups excluding carboxylic acids is 1. The van der Waals surface area contributed by atoms with Gasteiger partial charge in [-0.2, -0.15) is 10.2 Å². The molecule has 27 heavy (non-hydrogen) atoms. The van der Waals surface area contributed by atoms with Gasteiger partial charge in [-0.15, -0.1) is 0 Å². The zero-order valence-electron chi connectivity index (χ0n) is 16.1. The fourth-order valence-corrected chi connectivity index (χ4v) is 3.70. The number of nitrogens with zero attached hydrogens (tertiary/aromatic N) is 5. The van der Waals surface area contributed by atoms with Crippen LogP contribution in [0.25, 0.3) is 11.0 Å². The van der Waals surface area contributed by atoms with E-state index in [4.69, 9.17) is 4.98 Å². The van der Waals surface area contributed by atoms with Crippen molar-refractivity contribution in [1.29, 1.82) is 0 Å². The molecule has 7 heteroatoms. The van der Waals surface area contributed by atoms with Gasteiger partial charge in [0.1, 0.15) is 0 Å². The zero-order chi connectivity index (χ0) is 19.0. The second-order valence-corrected chi connectivity index (χ2v) is 7.37. The van der Waals surface area contributed by atoms with E-state index in [1.165, 1.54) is 0 Å². The first-order valence-electron chi connectivity index (χ1n) is 9.70. The van der Waals surface area contributed by atoms with Gasteiger partial charge in [0.05, 0.1) is 22.7 Å². The van der Waals surface area contributed by atoms with Gasteiger partial charge in [0.15, 0.2) is 5.65 Å². The molecule has 0 aliphatic heterocycles. The first-order chi connectivity index (χ1) is 13.1. The third-order valence-electron chi connectivity index (χ3n) is 5.36. The average molecular weight is 366 g/mol. The molecule has 0 saturated heterocycles. The zero-order valence-corrected chi connectivity index (χ0v) is 16.1. The molecule has 1 saturated carbocycles. The number of hydrogen-bond acceptors (Lipinski definition) is 4. The Morgan fingerprint density at radius 3 is 2.89 bits per heavy atom. The van der Waals surface area contributed by atoms with Crippen molar-refractivity contribution in [2.75, 3.05) is 6.54 Å². The first-order valence-corrected chi connectivity index (χ1v) is 9.70. The Bertz CT molecular complexity index is 955. The molecule has 7 nitrogen and oxygen atoms in total. The Balaban J connectivity index is 1.53. The number of rotatable bonds is 7. The standard InChI is InChI=1S/C20H26N6O/c1-4-15(26-11-5-9-22-26)8-10-21-20(27)16-12-17(14-6-7-14)23-19-18(16)13(2)24-25(19)3/h5,9,11-12,14-15H,4,6-8,10H2,1-3H3,(H,21,27)/t15-/m0/s1. The SMILES string of the molecule is CC[C@@H](CCNC(=O)c1cc(C2CC2)nc2c1c(C)nn2C)n1cccn1. The fourth-order valence-electron chi connectivity index (χ4n) is 3.70. The molecule has 3 heterocycles.